The molecule has 3 amide bonds. The maximum absolute atomic E-state index is 12.4. The predicted octanol–water partition coefficient (Wildman–Crippen LogP) is -0.0291. The summed E-state index contributed by atoms with van der Waals surface area (Å²) < 4.78 is 5.10. The van der Waals surface area contributed by atoms with Gasteiger partial charge in [-0.05, 0) is 30.5 Å². The number of carbonyl (C=O) groups excluding carboxylic acids is 4. The average molecular weight is 655 g/mol. The van der Waals surface area contributed by atoms with Gasteiger partial charge in [-0.25, -0.2) is 4.79 Å². The van der Waals surface area contributed by atoms with Gasteiger partial charge in [0.05, 0.1) is 25.7 Å². The quantitative estimate of drug-likeness (QED) is 0.141. The number of ether oxygens (including phenoxy) is 1. The summed E-state index contributed by atoms with van der Waals surface area (Å²) in [6.07, 6.45) is 0.201. The molecular formula is C24H43Cl4N5O7. The van der Waals surface area contributed by atoms with Crippen LogP contribution in [-0.2, 0) is 30.3 Å². The number of anilines is 1. The number of rotatable bonds is 16. The minimum Gasteiger partial charge on any atom is -0.464 e. The largest absolute Gasteiger partial charge is 0.464 e. The third kappa shape index (κ3) is 16.9. The molecule has 0 bridgehead atoms. The molecule has 0 fully saturated rings. The zero-order valence-electron chi connectivity index (χ0n) is 22.8. The van der Waals surface area contributed by atoms with Crippen LogP contribution >= 0.6 is 48.0 Å². The van der Waals surface area contributed by atoms with E-state index in [1.54, 1.807) is 20.8 Å². The minimum atomic E-state index is -0.939. The highest BCUT2D eigenvalue weighted by Crippen LogP contribution is 2.17. The third-order valence-electron chi connectivity index (χ3n) is 5.25. The number of carbonyl (C=O) groups is 4. The SMILES string of the molecule is CCOC(=O)[C@H](Cc1ccc(N(CCCl)CCCl)cc1)NC(=O)CNC(=O)CNC(=O)[C@@H](N)C(C)C.Cl.Cl.O.O. The first-order chi connectivity index (χ1) is 17.1. The predicted molar refractivity (Wildman–Crippen MR) is 163 cm³/mol. The molecule has 0 unspecified atom stereocenters. The summed E-state index contributed by atoms with van der Waals surface area (Å²) in [6.45, 7) is 6.03. The summed E-state index contributed by atoms with van der Waals surface area (Å²) in [5, 5.41) is 7.43. The second-order valence-electron chi connectivity index (χ2n) is 8.37. The van der Waals surface area contributed by atoms with Crippen LogP contribution in [0, 0.1) is 5.92 Å². The Labute approximate surface area is 257 Å². The lowest BCUT2D eigenvalue weighted by Gasteiger charge is -2.23. The van der Waals surface area contributed by atoms with Crippen LogP contribution in [0.2, 0.25) is 0 Å². The molecule has 0 aliphatic heterocycles. The van der Waals surface area contributed by atoms with E-state index in [2.05, 4.69) is 20.9 Å². The number of benzene rings is 1. The van der Waals surface area contributed by atoms with Crippen LogP contribution in [-0.4, -0.2) is 91.3 Å². The number of esters is 1. The first-order valence-corrected chi connectivity index (χ1v) is 12.9. The van der Waals surface area contributed by atoms with E-state index >= 15 is 0 Å². The van der Waals surface area contributed by atoms with Gasteiger partial charge in [0.15, 0.2) is 0 Å². The highest BCUT2D eigenvalue weighted by molar-refractivity contribution is 6.18. The summed E-state index contributed by atoms with van der Waals surface area (Å²) in [5.41, 5.74) is 7.48. The fraction of sp³-hybridized carbons (Fsp3) is 0.583. The van der Waals surface area contributed by atoms with E-state index in [1.165, 1.54) is 0 Å². The smallest absolute Gasteiger partial charge is 0.328 e. The summed E-state index contributed by atoms with van der Waals surface area (Å²) >= 11 is 11.7. The van der Waals surface area contributed by atoms with E-state index in [-0.39, 0.29) is 67.8 Å². The van der Waals surface area contributed by atoms with Crippen molar-refractivity contribution in [3.63, 3.8) is 0 Å². The average Bonchev–Trinajstić information content (AvgIpc) is 2.85. The lowest BCUT2D eigenvalue weighted by molar-refractivity contribution is -0.147. The topological polar surface area (TPSA) is 206 Å². The lowest BCUT2D eigenvalue weighted by Crippen LogP contribution is -2.50. The highest BCUT2D eigenvalue weighted by atomic mass is 35.5. The van der Waals surface area contributed by atoms with E-state index in [0.717, 1.165) is 11.3 Å². The molecule has 234 valence electrons. The number of nitrogens with zero attached hydrogens (tertiary/aromatic N) is 1. The standard InChI is InChI=1S/C24H37Cl2N5O5.2ClH.2H2O/c1-4-36-24(35)19(13-17-5-7-18(8-6-17)31(11-9-25)12-10-26)30-21(33)15-28-20(32)14-29-23(34)22(27)16(2)3;;;;/h5-8,16,19,22H,4,9-15,27H2,1-3H3,(H,28,32)(H,29,34)(H,30,33);2*1H;2*1H2/t19-,22-;;;;/m0..../s1. The number of hydrogen-bond acceptors (Lipinski definition) is 7. The van der Waals surface area contributed by atoms with Crippen LogP contribution in [0.15, 0.2) is 24.3 Å². The second-order valence-corrected chi connectivity index (χ2v) is 9.13. The van der Waals surface area contributed by atoms with Crippen molar-refractivity contribution >= 4 is 77.4 Å². The summed E-state index contributed by atoms with van der Waals surface area (Å²) in [5.74, 6) is -1.32. The van der Waals surface area contributed by atoms with E-state index in [4.69, 9.17) is 33.7 Å². The maximum atomic E-state index is 12.4. The maximum Gasteiger partial charge on any atom is 0.328 e. The number of nitrogens with one attached hydrogen (secondary N) is 3. The van der Waals surface area contributed by atoms with Crippen LogP contribution in [0.5, 0.6) is 0 Å². The Balaban J connectivity index is -0.00000162. The molecule has 0 heterocycles. The van der Waals surface area contributed by atoms with E-state index < -0.39 is 35.8 Å². The van der Waals surface area contributed by atoms with Crippen molar-refractivity contribution in [2.45, 2.75) is 39.3 Å². The van der Waals surface area contributed by atoms with Gasteiger partial charge in [0.2, 0.25) is 17.7 Å². The van der Waals surface area contributed by atoms with Gasteiger partial charge in [-0.1, -0.05) is 26.0 Å². The fourth-order valence-corrected chi connectivity index (χ4v) is 3.57. The summed E-state index contributed by atoms with van der Waals surface area (Å²) in [7, 11) is 0. The molecule has 0 saturated carbocycles. The molecule has 40 heavy (non-hydrogen) atoms. The van der Waals surface area contributed by atoms with Gasteiger partial charge in [-0.3, -0.25) is 14.4 Å². The van der Waals surface area contributed by atoms with Gasteiger partial charge in [0.1, 0.15) is 6.04 Å². The van der Waals surface area contributed by atoms with Crippen LogP contribution < -0.4 is 26.6 Å². The van der Waals surface area contributed by atoms with Gasteiger partial charge < -0.3 is 42.3 Å². The number of halogens is 4. The summed E-state index contributed by atoms with van der Waals surface area (Å²) in [6, 6.07) is 5.84. The molecule has 0 aliphatic rings. The van der Waals surface area contributed by atoms with Crippen molar-refractivity contribution < 1.29 is 34.9 Å². The molecule has 0 saturated heterocycles. The Kier molecular flexibility index (Phi) is 27.8. The Morgan fingerprint density at radius 2 is 1.45 bits per heavy atom. The van der Waals surface area contributed by atoms with Gasteiger partial charge in [-0.2, -0.15) is 0 Å². The zero-order chi connectivity index (χ0) is 27.1. The zero-order valence-corrected chi connectivity index (χ0v) is 26.0. The molecule has 0 spiro atoms. The second kappa shape index (κ2) is 24.7. The van der Waals surface area contributed by atoms with Crippen LogP contribution in [0.1, 0.15) is 26.3 Å². The van der Waals surface area contributed by atoms with Crippen LogP contribution in [0.3, 0.4) is 0 Å². The molecule has 1 aromatic carbocycles. The van der Waals surface area contributed by atoms with Crippen LogP contribution in [0.25, 0.3) is 0 Å². The Morgan fingerprint density at radius 3 is 1.93 bits per heavy atom. The van der Waals surface area contributed by atoms with Gasteiger partial charge in [0.25, 0.3) is 0 Å². The molecule has 1 aromatic rings. The van der Waals surface area contributed by atoms with Crippen LogP contribution in [0.4, 0.5) is 5.69 Å². The Bertz CT molecular complexity index is 861. The van der Waals surface area contributed by atoms with Gasteiger partial charge in [0, 0.05) is 37.0 Å². The first kappa shape index (κ1) is 44.9. The van der Waals surface area contributed by atoms with Crippen molar-refractivity contribution in [1.29, 1.82) is 0 Å². The molecule has 1 rings (SSSR count). The number of nitrogens with two attached hydrogens (primary N) is 1. The number of alkyl halides is 2. The molecule has 0 aromatic heterocycles. The van der Waals surface area contributed by atoms with Crippen molar-refractivity contribution in [2.24, 2.45) is 11.7 Å². The molecule has 16 heteroatoms. The van der Waals surface area contributed by atoms with Gasteiger partial charge in [-0.15, -0.1) is 48.0 Å². The summed E-state index contributed by atoms with van der Waals surface area (Å²) in [4.78, 5) is 50.7. The Hall–Kier alpha value is -2.06. The monoisotopic (exact) mass is 653 g/mol. The lowest BCUT2D eigenvalue weighted by atomic mass is 10.0. The molecule has 12 nitrogen and oxygen atoms in total. The molecule has 2 atom stereocenters. The van der Waals surface area contributed by atoms with Crippen molar-refractivity contribution in [2.75, 3.05) is 49.4 Å². The molecule has 0 radical (unpaired) electrons. The normalized spacial score (nSPS) is 11.2. The van der Waals surface area contributed by atoms with E-state index in [0.29, 0.717) is 24.8 Å². The first-order valence-electron chi connectivity index (χ1n) is 11.8. The number of hydrogen-bond donors (Lipinski definition) is 4. The fourth-order valence-electron chi connectivity index (χ4n) is 3.16. The Morgan fingerprint density at radius 1 is 0.925 bits per heavy atom. The van der Waals surface area contributed by atoms with E-state index in [1.807, 2.05) is 24.3 Å². The van der Waals surface area contributed by atoms with E-state index in [9.17, 15) is 19.2 Å². The molecular weight excluding hydrogens is 612 g/mol. The molecule has 9 N–H and O–H groups in total. The van der Waals surface area contributed by atoms with Crippen molar-refractivity contribution in [3.8, 4) is 0 Å². The highest BCUT2D eigenvalue weighted by Gasteiger charge is 2.23. The molecule has 0 aliphatic carbocycles. The van der Waals surface area contributed by atoms with Gasteiger partial charge >= 0.3 is 5.97 Å². The minimum absolute atomic E-state index is 0. The third-order valence-corrected chi connectivity index (χ3v) is 5.58. The van der Waals surface area contributed by atoms with Crippen molar-refractivity contribution in [3.05, 3.63) is 29.8 Å². The van der Waals surface area contributed by atoms with Crippen molar-refractivity contribution in [1.82, 2.24) is 16.0 Å². The number of amides is 3.